The molecule has 0 atom stereocenters. The minimum atomic E-state index is 0.695. The quantitative estimate of drug-likeness (QED) is 0.455. The van der Waals surface area contributed by atoms with Crippen molar-refractivity contribution in [2.75, 3.05) is 48.9 Å². The number of anilines is 5. The predicted octanol–water partition coefficient (Wildman–Crippen LogP) is 4.68. The van der Waals surface area contributed by atoms with Crippen LogP contribution < -0.4 is 20.3 Å². The van der Waals surface area contributed by atoms with Crippen LogP contribution in [-0.4, -0.2) is 43.3 Å². The van der Waals surface area contributed by atoms with E-state index in [1.165, 1.54) is 0 Å². The fourth-order valence-electron chi connectivity index (χ4n) is 3.19. The van der Waals surface area contributed by atoms with E-state index in [9.17, 15) is 0 Å². The highest BCUT2D eigenvalue weighted by atomic mass is 35.5. The molecule has 4 rings (SSSR count). The van der Waals surface area contributed by atoms with Gasteiger partial charge in [0.2, 0.25) is 0 Å². The zero-order chi connectivity index (χ0) is 20.8. The van der Waals surface area contributed by atoms with Gasteiger partial charge in [-0.3, -0.25) is 4.72 Å². The van der Waals surface area contributed by atoms with Crippen LogP contribution in [0.4, 0.5) is 28.7 Å². The number of rotatable bonds is 7. The van der Waals surface area contributed by atoms with Gasteiger partial charge in [0.25, 0.3) is 0 Å². The van der Waals surface area contributed by atoms with Crippen LogP contribution in [0.15, 0.2) is 59.8 Å². The lowest BCUT2D eigenvalue weighted by Gasteiger charge is -2.31. The van der Waals surface area contributed by atoms with Crippen molar-refractivity contribution in [2.24, 2.45) is 0 Å². The smallest absolute Gasteiger partial charge is 0.135 e. The fraction of sp³-hybridized carbons (Fsp3) is 0.238. The number of hydrogen-bond acceptors (Lipinski definition) is 8. The molecule has 2 aromatic carbocycles. The third-order valence-electron chi connectivity index (χ3n) is 4.59. The Morgan fingerprint density at radius 3 is 2.43 bits per heavy atom. The van der Waals surface area contributed by atoms with Gasteiger partial charge < -0.3 is 20.3 Å². The van der Waals surface area contributed by atoms with Crippen LogP contribution in [-0.2, 0) is 4.74 Å². The lowest BCUT2D eigenvalue weighted by Crippen LogP contribution is -2.36. The van der Waals surface area contributed by atoms with Crippen LogP contribution in [0.25, 0.3) is 0 Å². The van der Waals surface area contributed by atoms with Crippen molar-refractivity contribution >= 4 is 52.2 Å². The van der Waals surface area contributed by atoms with E-state index in [0.29, 0.717) is 16.7 Å². The summed E-state index contributed by atoms with van der Waals surface area (Å²) < 4.78 is 8.63. The lowest BCUT2D eigenvalue weighted by atomic mass is 10.2. The number of hydrogen-bond donors (Lipinski definition) is 3. The molecule has 1 aliphatic rings. The Morgan fingerprint density at radius 2 is 1.70 bits per heavy atom. The number of ether oxygens (including phenoxy) is 1. The lowest BCUT2D eigenvalue weighted by molar-refractivity contribution is 0.123. The van der Waals surface area contributed by atoms with Crippen molar-refractivity contribution in [2.45, 2.75) is 4.90 Å². The molecule has 0 amide bonds. The molecular weight excluding hydrogens is 420 g/mol. The third kappa shape index (κ3) is 5.34. The van der Waals surface area contributed by atoms with Gasteiger partial charge in [0, 0.05) is 34.8 Å². The van der Waals surface area contributed by atoms with Gasteiger partial charge in [0.05, 0.1) is 24.6 Å². The van der Waals surface area contributed by atoms with E-state index in [0.717, 1.165) is 48.3 Å². The molecule has 1 saturated heterocycles. The van der Waals surface area contributed by atoms with E-state index in [1.54, 1.807) is 18.3 Å². The molecule has 3 aromatic rings. The minimum absolute atomic E-state index is 0.695. The van der Waals surface area contributed by atoms with E-state index in [1.807, 2.05) is 37.4 Å². The third-order valence-corrected chi connectivity index (χ3v) is 5.53. The number of aromatic nitrogens is 2. The first kappa shape index (κ1) is 20.7. The van der Waals surface area contributed by atoms with Crippen LogP contribution in [0, 0.1) is 0 Å². The van der Waals surface area contributed by atoms with Gasteiger partial charge in [-0.1, -0.05) is 11.6 Å². The van der Waals surface area contributed by atoms with Crippen molar-refractivity contribution in [3.05, 3.63) is 59.9 Å². The molecule has 7 nitrogen and oxygen atoms in total. The highest BCUT2D eigenvalue weighted by molar-refractivity contribution is 7.97. The summed E-state index contributed by atoms with van der Waals surface area (Å²) in [6, 6.07) is 15.8. The molecule has 30 heavy (non-hydrogen) atoms. The topological polar surface area (TPSA) is 74.3 Å². The molecule has 0 bridgehead atoms. The first-order valence-electron chi connectivity index (χ1n) is 9.63. The molecule has 0 spiro atoms. The van der Waals surface area contributed by atoms with Crippen molar-refractivity contribution in [1.29, 1.82) is 0 Å². The van der Waals surface area contributed by atoms with Crippen LogP contribution in [0.3, 0.4) is 0 Å². The second-order valence-electron chi connectivity index (χ2n) is 6.63. The Kier molecular flexibility index (Phi) is 6.91. The molecule has 1 aromatic heterocycles. The molecular formula is C21H23ClN6OS. The standard InChI is InChI=1S/C21H23ClN6OS/c1-23-30-17-6-7-19(28-8-10-29-11-9-28)18(12-17)27-21-13-20(24-14-25-21)26-16-4-2-15(22)3-5-16/h2-7,12-14,23H,8-11H2,1H3,(H2,24,25,26,27). The summed E-state index contributed by atoms with van der Waals surface area (Å²) in [5.41, 5.74) is 3.03. The molecule has 1 aliphatic heterocycles. The molecule has 0 saturated carbocycles. The second kappa shape index (κ2) is 9.99. The SMILES string of the molecule is CNSc1ccc(N2CCOCC2)c(Nc2cc(Nc3ccc(Cl)cc3)ncn2)c1. The average Bonchev–Trinajstić information content (AvgIpc) is 2.77. The van der Waals surface area contributed by atoms with Gasteiger partial charge in [0.1, 0.15) is 18.0 Å². The Balaban J connectivity index is 1.57. The normalized spacial score (nSPS) is 13.9. The highest BCUT2D eigenvalue weighted by Gasteiger charge is 2.16. The Bertz CT molecular complexity index is 981. The molecule has 1 fully saturated rings. The Labute approximate surface area is 185 Å². The number of halogens is 1. The molecule has 9 heteroatoms. The molecule has 3 N–H and O–H groups in total. The van der Waals surface area contributed by atoms with Gasteiger partial charge in [-0.25, -0.2) is 9.97 Å². The highest BCUT2D eigenvalue weighted by Crippen LogP contribution is 2.33. The van der Waals surface area contributed by atoms with E-state index in [2.05, 4.69) is 48.4 Å². The fourth-order valence-corrected chi connectivity index (χ4v) is 3.86. The summed E-state index contributed by atoms with van der Waals surface area (Å²) in [6.45, 7) is 3.19. The molecule has 0 aliphatic carbocycles. The van der Waals surface area contributed by atoms with Gasteiger partial charge in [0.15, 0.2) is 0 Å². The van der Waals surface area contributed by atoms with E-state index >= 15 is 0 Å². The first-order chi connectivity index (χ1) is 14.7. The van der Waals surface area contributed by atoms with Crippen LogP contribution >= 0.6 is 23.5 Å². The summed E-state index contributed by atoms with van der Waals surface area (Å²) in [7, 11) is 1.91. The van der Waals surface area contributed by atoms with Crippen molar-refractivity contribution in [3.63, 3.8) is 0 Å². The Morgan fingerprint density at radius 1 is 0.967 bits per heavy atom. The predicted molar refractivity (Wildman–Crippen MR) is 124 cm³/mol. The van der Waals surface area contributed by atoms with Crippen molar-refractivity contribution in [3.8, 4) is 0 Å². The molecule has 0 unspecified atom stereocenters. The summed E-state index contributed by atoms with van der Waals surface area (Å²) in [5, 5.41) is 7.44. The van der Waals surface area contributed by atoms with Crippen LogP contribution in [0.5, 0.6) is 0 Å². The van der Waals surface area contributed by atoms with Gasteiger partial charge >= 0.3 is 0 Å². The number of nitrogens with one attached hydrogen (secondary N) is 3. The molecule has 0 radical (unpaired) electrons. The zero-order valence-electron chi connectivity index (χ0n) is 16.6. The molecule has 156 valence electrons. The van der Waals surface area contributed by atoms with E-state index < -0.39 is 0 Å². The van der Waals surface area contributed by atoms with Gasteiger partial charge in [-0.15, -0.1) is 0 Å². The second-order valence-corrected chi connectivity index (χ2v) is 8.15. The maximum absolute atomic E-state index is 5.96. The number of nitrogens with zero attached hydrogens (tertiary/aromatic N) is 3. The van der Waals surface area contributed by atoms with Gasteiger partial charge in [-0.05, 0) is 61.5 Å². The maximum Gasteiger partial charge on any atom is 0.135 e. The first-order valence-corrected chi connectivity index (χ1v) is 10.8. The summed E-state index contributed by atoms with van der Waals surface area (Å²) >= 11 is 7.54. The summed E-state index contributed by atoms with van der Waals surface area (Å²) in [5.74, 6) is 1.41. The van der Waals surface area contributed by atoms with E-state index in [4.69, 9.17) is 16.3 Å². The molecule has 2 heterocycles. The van der Waals surface area contributed by atoms with Crippen LogP contribution in [0.2, 0.25) is 5.02 Å². The zero-order valence-corrected chi connectivity index (χ0v) is 18.1. The van der Waals surface area contributed by atoms with Gasteiger partial charge in [-0.2, -0.15) is 0 Å². The van der Waals surface area contributed by atoms with Crippen LogP contribution in [0.1, 0.15) is 0 Å². The maximum atomic E-state index is 5.96. The number of benzene rings is 2. The monoisotopic (exact) mass is 442 g/mol. The van der Waals surface area contributed by atoms with E-state index in [-0.39, 0.29) is 0 Å². The Hall–Kier alpha value is -2.52. The van der Waals surface area contributed by atoms with Crippen molar-refractivity contribution < 1.29 is 4.74 Å². The summed E-state index contributed by atoms with van der Waals surface area (Å²) in [4.78, 5) is 12.2. The largest absolute Gasteiger partial charge is 0.378 e. The minimum Gasteiger partial charge on any atom is -0.378 e. The number of morpholine rings is 1. The average molecular weight is 443 g/mol. The van der Waals surface area contributed by atoms with Crippen molar-refractivity contribution in [1.82, 2.24) is 14.7 Å². The summed E-state index contributed by atoms with van der Waals surface area (Å²) in [6.07, 6.45) is 1.54.